The number of fused-ring (bicyclic) bond motifs is 1. The summed E-state index contributed by atoms with van der Waals surface area (Å²) in [4.78, 5) is 12.4. The molecule has 0 saturated heterocycles. The van der Waals surface area contributed by atoms with Gasteiger partial charge < -0.3 is 19.4 Å². The van der Waals surface area contributed by atoms with E-state index in [1.807, 2.05) is 0 Å². The normalized spacial score (nSPS) is 10.9. The van der Waals surface area contributed by atoms with Gasteiger partial charge in [-0.05, 0) is 42.7 Å². The quantitative estimate of drug-likeness (QED) is 0.753. The Labute approximate surface area is 138 Å². The Hall–Kier alpha value is -2.79. The maximum Gasteiger partial charge on any atom is 0.193 e. The summed E-state index contributed by atoms with van der Waals surface area (Å²) in [5.41, 5.74) is 1.54. The maximum absolute atomic E-state index is 12.4. The lowest BCUT2D eigenvalue weighted by Gasteiger charge is -2.10. The molecule has 2 aromatic carbocycles. The summed E-state index contributed by atoms with van der Waals surface area (Å²) in [5.74, 6) is 0.955. The predicted molar refractivity (Wildman–Crippen MR) is 91.5 cm³/mol. The van der Waals surface area contributed by atoms with Crippen LogP contribution in [-0.4, -0.2) is 23.9 Å². The molecule has 0 spiro atoms. The Morgan fingerprint density at radius 3 is 2.67 bits per heavy atom. The molecular weight excluding hydrogens is 308 g/mol. The van der Waals surface area contributed by atoms with Crippen molar-refractivity contribution in [2.24, 2.45) is 0 Å². The lowest BCUT2D eigenvalue weighted by molar-refractivity contribution is 0.287. The minimum Gasteiger partial charge on any atom is -0.507 e. The summed E-state index contributed by atoms with van der Waals surface area (Å²) < 4.78 is 11.2. The van der Waals surface area contributed by atoms with Crippen LogP contribution in [0.15, 0.2) is 51.7 Å². The Morgan fingerprint density at radius 1 is 1.17 bits per heavy atom. The van der Waals surface area contributed by atoms with E-state index < -0.39 is 0 Å². The van der Waals surface area contributed by atoms with Crippen LogP contribution in [0.25, 0.3) is 22.3 Å². The van der Waals surface area contributed by atoms with Gasteiger partial charge in [-0.25, -0.2) is 0 Å². The number of rotatable bonds is 5. The summed E-state index contributed by atoms with van der Waals surface area (Å²) in [5, 5.41) is 19.4. The van der Waals surface area contributed by atoms with Crippen LogP contribution in [-0.2, 0) is 6.42 Å². The summed E-state index contributed by atoms with van der Waals surface area (Å²) in [6.45, 7) is 0.0725. The molecule has 5 nitrogen and oxygen atoms in total. The first kappa shape index (κ1) is 16.1. The number of phenols is 1. The van der Waals surface area contributed by atoms with E-state index >= 15 is 0 Å². The molecule has 0 aliphatic carbocycles. The molecular formula is C19H18O5. The first-order valence-electron chi connectivity index (χ1n) is 7.68. The van der Waals surface area contributed by atoms with Gasteiger partial charge >= 0.3 is 0 Å². The topological polar surface area (TPSA) is 79.9 Å². The second-order valence-corrected chi connectivity index (χ2v) is 5.48. The van der Waals surface area contributed by atoms with Crippen molar-refractivity contribution in [1.82, 2.24) is 0 Å². The molecule has 1 aromatic heterocycles. The Morgan fingerprint density at radius 2 is 1.96 bits per heavy atom. The fraction of sp³-hybridized carbons (Fsp3) is 0.211. The molecule has 0 radical (unpaired) electrons. The molecule has 0 aliphatic rings. The van der Waals surface area contributed by atoms with Crippen molar-refractivity contribution < 1.29 is 19.4 Å². The Kier molecular flexibility index (Phi) is 4.53. The van der Waals surface area contributed by atoms with E-state index in [2.05, 4.69) is 0 Å². The van der Waals surface area contributed by atoms with E-state index in [4.69, 9.17) is 14.3 Å². The average Bonchev–Trinajstić information content (AvgIpc) is 2.59. The SMILES string of the molecule is COc1cc2c(=O)cc(-c3ccccc3O)oc2cc1CCCO. The number of ether oxygens (including phenoxy) is 1. The van der Waals surface area contributed by atoms with Gasteiger partial charge in [0.05, 0.1) is 18.1 Å². The monoisotopic (exact) mass is 326 g/mol. The van der Waals surface area contributed by atoms with Gasteiger partial charge in [0.15, 0.2) is 5.43 Å². The number of aryl methyl sites for hydroxylation is 1. The number of aromatic hydroxyl groups is 1. The zero-order valence-electron chi connectivity index (χ0n) is 13.3. The van der Waals surface area contributed by atoms with Crippen molar-refractivity contribution in [3.05, 3.63) is 58.3 Å². The first-order chi connectivity index (χ1) is 11.6. The second-order valence-electron chi connectivity index (χ2n) is 5.48. The van der Waals surface area contributed by atoms with Gasteiger partial charge in [-0.3, -0.25) is 4.79 Å². The summed E-state index contributed by atoms with van der Waals surface area (Å²) in [6, 6.07) is 11.5. The van der Waals surface area contributed by atoms with E-state index in [1.54, 1.807) is 43.5 Å². The molecule has 0 amide bonds. The highest BCUT2D eigenvalue weighted by molar-refractivity contribution is 5.82. The van der Waals surface area contributed by atoms with Crippen LogP contribution in [0, 0.1) is 0 Å². The predicted octanol–water partition coefficient (Wildman–Crippen LogP) is 3.10. The molecule has 0 bridgehead atoms. The summed E-state index contributed by atoms with van der Waals surface area (Å²) in [6.07, 6.45) is 1.20. The molecule has 0 aliphatic heterocycles. The molecule has 0 atom stereocenters. The van der Waals surface area contributed by atoms with E-state index in [1.165, 1.54) is 6.07 Å². The lowest BCUT2D eigenvalue weighted by Crippen LogP contribution is -2.03. The van der Waals surface area contributed by atoms with Gasteiger partial charge in [0.2, 0.25) is 0 Å². The number of hydrogen-bond acceptors (Lipinski definition) is 5. The number of benzene rings is 2. The van der Waals surface area contributed by atoms with Gasteiger partial charge in [0, 0.05) is 12.7 Å². The van der Waals surface area contributed by atoms with Crippen LogP contribution in [0.1, 0.15) is 12.0 Å². The Bertz CT molecular complexity index is 927. The number of para-hydroxylation sites is 1. The Balaban J connectivity index is 2.19. The number of hydrogen-bond donors (Lipinski definition) is 2. The number of phenolic OH excluding ortho intramolecular Hbond substituents is 1. The van der Waals surface area contributed by atoms with Gasteiger partial charge in [-0.15, -0.1) is 0 Å². The van der Waals surface area contributed by atoms with E-state index in [0.717, 1.165) is 5.56 Å². The molecule has 124 valence electrons. The number of aliphatic hydroxyl groups excluding tert-OH is 1. The molecule has 24 heavy (non-hydrogen) atoms. The van der Waals surface area contributed by atoms with Gasteiger partial charge in [0.1, 0.15) is 22.8 Å². The molecule has 0 unspecified atom stereocenters. The third kappa shape index (κ3) is 2.98. The zero-order valence-corrected chi connectivity index (χ0v) is 13.3. The van der Waals surface area contributed by atoms with Crippen LogP contribution >= 0.6 is 0 Å². The minimum absolute atomic E-state index is 0.0500. The molecule has 3 rings (SSSR count). The highest BCUT2D eigenvalue weighted by Gasteiger charge is 2.13. The molecule has 0 saturated carbocycles. The molecule has 1 heterocycles. The van der Waals surface area contributed by atoms with Crippen molar-refractivity contribution in [2.45, 2.75) is 12.8 Å². The molecule has 2 N–H and O–H groups in total. The van der Waals surface area contributed by atoms with Gasteiger partial charge in [0.25, 0.3) is 0 Å². The van der Waals surface area contributed by atoms with E-state index in [-0.39, 0.29) is 17.8 Å². The summed E-state index contributed by atoms with van der Waals surface area (Å²) in [7, 11) is 1.54. The molecule has 0 fully saturated rings. The lowest BCUT2D eigenvalue weighted by atomic mass is 10.0. The van der Waals surface area contributed by atoms with Crippen LogP contribution in [0.2, 0.25) is 0 Å². The third-order valence-electron chi connectivity index (χ3n) is 3.90. The van der Waals surface area contributed by atoms with Gasteiger partial charge in [-0.2, -0.15) is 0 Å². The maximum atomic E-state index is 12.4. The largest absolute Gasteiger partial charge is 0.507 e. The number of methoxy groups -OCH3 is 1. The standard InChI is InChI=1S/C19H18O5/c1-23-17-10-14-16(22)11-19(13-6-2-3-7-15(13)21)24-18(14)9-12(17)5-4-8-20/h2-3,6-7,9-11,20-21H,4-5,8H2,1H3. The van der Waals surface area contributed by atoms with Crippen LogP contribution in [0.3, 0.4) is 0 Å². The van der Waals surface area contributed by atoms with E-state index in [9.17, 15) is 9.90 Å². The van der Waals surface area contributed by atoms with Crippen LogP contribution in [0.5, 0.6) is 11.5 Å². The third-order valence-corrected chi connectivity index (χ3v) is 3.90. The van der Waals surface area contributed by atoms with Crippen molar-refractivity contribution in [3.8, 4) is 22.8 Å². The van der Waals surface area contributed by atoms with E-state index in [0.29, 0.717) is 40.9 Å². The van der Waals surface area contributed by atoms with Gasteiger partial charge in [-0.1, -0.05) is 12.1 Å². The van der Waals surface area contributed by atoms with Crippen LogP contribution < -0.4 is 10.2 Å². The van der Waals surface area contributed by atoms with Crippen LogP contribution in [0.4, 0.5) is 0 Å². The molecule has 3 aromatic rings. The minimum atomic E-state index is -0.207. The summed E-state index contributed by atoms with van der Waals surface area (Å²) >= 11 is 0. The number of aliphatic hydroxyl groups is 1. The first-order valence-corrected chi connectivity index (χ1v) is 7.68. The highest BCUT2D eigenvalue weighted by Crippen LogP contribution is 2.32. The van der Waals surface area contributed by atoms with Crippen molar-refractivity contribution in [2.75, 3.05) is 13.7 Å². The molecule has 5 heteroatoms. The van der Waals surface area contributed by atoms with Crippen molar-refractivity contribution >= 4 is 11.0 Å². The van der Waals surface area contributed by atoms with Crippen molar-refractivity contribution in [1.29, 1.82) is 0 Å². The average molecular weight is 326 g/mol. The fourth-order valence-electron chi connectivity index (χ4n) is 2.69. The highest BCUT2D eigenvalue weighted by atomic mass is 16.5. The second kappa shape index (κ2) is 6.76. The van der Waals surface area contributed by atoms with Crippen molar-refractivity contribution in [3.63, 3.8) is 0 Å². The smallest absolute Gasteiger partial charge is 0.193 e. The fourth-order valence-corrected chi connectivity index (χ4v) is 2.69. The zero-order chi connectivity index (χ0) is 17.1.